The van der Waals surface area contributed by atoms with Crippen molar-refractivity contribution in [2.24, 2.45) is 7.05 Å². The molecule has 0 radical (unpaired) electrons. The second kappa shape index (κ2) is 6.80. The number of rotatable bonds is 4. The number of aromatic nitrogens is 4. The highest BCUT2D eigenvalue weighted by molar-refractivity contribution is 7.99. The van der Waals surface area contributed by atoms with Gasteiger partial charge in [-0.3, -0.25) is 14.9 Å². The zero-order valence-corrected chi connectivity index (χ0v) is 15.1. The summed E-state index contributed by atoms with van der Waals surface area (Å²) in [5.74, 6) is -0.277. The van der Waals surface area contributed by atoms with Gasteiger partial charge in [-0.05, 0) is 46.3 Å². The molecule has 1 aromatic heterocycles. The lowest BCUT2D eigenvalue weighted by Gasteiger charge is -2.19. The number of anilines is 1. The summed E-state index contributed by atoms with van der Waals surface area (Å²) in [4.78, 5) is 26.2. The number of carbonyl (C=O) groups is 1. The van der Waals surface area contributed by atoms with Crippen LogP contribution in [0.2, 0.25) is 0 Å². The van der Waals surface area contributed by atoms with Gasteiger partial charge in [0.1, 0.15) is 0 Å². The Balaban J connectivity index is 1.75. The van der Waals surface area contributed by atoms with E-state index in [1.54, 1.807) is 18.0 Å². The van der Waals surface area contributed by atoms with Crippen molar-refractivity contribution in [3.63, 3.8) is 0 Å². The van der Waals surface area contributed by atoms with Crippen molar-refractivity contribution in [3.05, 3.63) is 63.7 Å². The highest BCUT2D eigenvalue weighted by Crippen LogP contribution is 2.35. The maximum atomic E-state index is 13.3. The van der Waals surface area contributed by atoms with E-state index < -0.39 is 4.92 Å². The van der Waals surface area contributed by atoms with E-state index >= 15 is 0 Å². The number of nitro benzene ring substituents is 1. The summed E-state index contributed by atoms with van der Waals surface area (Å²) in [7, 11) is 1.69. The van der Waals surface area contributed by atoms with E-state index in [0.29, 0.717) is 16.6 Å². The number of non-ortho nitro benzene ring substituents is 1. The van der Waals surface area contributed by atoms with Crippen LogP contribution in [0.15, 0.2) is 52.5 Å². The standard InChI is InChI=1S/C17H14N6O3S/c1-21-17(18-19-20-21)27-15-7-6-12(23(25)26)10-13(15)16(24)22-9-8-11-4-2-3-5-14(11)22/h2-7,10H,8-9H2,1H3. The average Bonchev–Trinajstić information content (AvgIpc) is 3.28. The lowest BCUT2D eigenvalue weighted by Crippen LogP contribution is -2.29. The van der Waals surface area contributed by atoms with E-state index in [-0.39, 0.29) is 17.2 Å². The minimum Gasteiger partial charge on any atom is -0.308 e. The number of aryl methyl sites for hydroxylation is 1. The van der Waals surface area contributed by atoms with Gasteiger partial charge in [-0.2, -0.15) is 0 Å². The first-order valence-electron chi connectivity index (χ1n) is 8.13. The Morgan fingerprint density at radius 3 is 2.81 bits per heavy atom. The molecule has 0 N–H and O–H groups in total. The summed E-state index contributed by atoms with van der Waals surface area (Å²) in [6, 6.07) is 11.9. The number of benzene rings is 2. The number of para-hydroxylation sites is 1. The van der Waals surface area contributed by atoms with Gasteiger partial charge in [0.15, 0.2) is 0 Å². The van der Waals surface area contributed by atoms with Crippen LogP contribution in [0.4, 0.5) is 11.4 Å². The van der Waals surface area contributed by atoms with Crippen molar-refractivity contribution in [3.8, 4) is 0 Å². The molecule has 136 valence electrons. The molecule has 0 saturated carbocycles. The molecule has 3 aromatic rings. The lowest BCUT2D eigenvalue weighted by molar-refractivity contribution is -0.384. The fraction of sp³-hybridized carbons (Fsp3) is 0.176. The van der Waals surface area contributed by atoms with Crippen molar-refractivity contribution in [1.29, 1.82) is 0 Å². The van der Waals surface area contributed by atoms with E-state index in [1.807, 2.05) is 24.3 Å². The van der Waals surface area contributed by atoms with Crippen LogP contribution in [0.25, 0.3) is 0 Å². The summed E-state index contributed by atoms with van der Waals surface area (Å²) in [6.45, 7) is 0.538. The quantitative estimate of drug-likeness (QED) is 0.504. The first kappa shape index (κ1) is 17.2. The fourth-order valence-corrected chi connectivity index (χ4v) is 3.82. The van der Waals surface area contributed by atoms with E-state index in [1.165, 1.54) is 28.6 Å². The highest BCUT2D eigenvalue weighted by Gasteiger charge is 2.28. The molecule has 0 atom stereocenters. The summed E-state index contributed by atoms with van der Waals surface area (Å²) in [6.07, 6.45) is 0.756. The highest BCUT2D eigenvalue weighted by atomic mass is 32.2. The van der Waals surface area contributed by atoms with Crippen LogP contribution in [0.3, 0.4) is 0 Å². The zero-order chi connectivity index (χ0) is 19.0. The Morgan fingerprint density at radius 1 is 1.26 bits per heavy atom. The molecule has 0 spiro atoms. The van der Waals surface area contributed by atoms with Crippen LogP contribution >= 0.6 is 11.8 Å². The first-order valence-corrected chi connectivity index (χ1v) is 8.94. The van der Waals surface area contributed by atoms with Gasteiger partial charge in [-0.25, -0.2) is 4.68 Å². The van der Waals surface area contributed by atoms with E-state index in [4.69, 9.17) is 0 Å². The van der Waals surface area contributed by atoms with Crippen LogP contribution in [0.5, 0.6) is 0 Å². The van der Waals surface area contributed by atoms with Gasteiger partial charge in [-0.15, -0.1) is 5.10 Å². The van der Waals surface area contributed by atoms with Gasteiger partial charge < -0.3 is 4.90 Å². The average molecular weight is 382 g/mol. The van der Waals surface area contributed by atoms with Crippen molar-refractivity contribution in [2.75, 3.05) is 11.4 Å². The van der Waals surface area contributed by atoms with E-state index in [2.05, 4.69) is 15.5 Å². The van der Waals surface area contributed by atoms with Crippen LogP contribution in [-0.2, 0) is 13.5 Å². The van der Waals surface area contributed by atoms with Crippen LogP contribution in [0, 0.1) is 10.1 Å². The second-order valence-corrected chi connectivity index (χ2v) is 6.97. The Labute approximate surface area is 158 Å². The van der Waals surface area contributed by atoms with Gasteiger partial charge in [-0.1, -0.05) is 18.2 Å². The van der Waals surface area contributed by atoms with Gasteiger partial charge in [0.05, 0.1) is 10.5 Å². The minimum atomic E-state index is -0.507. The number of nitrogens with zero attached hydrogens (tertiary/aromatic N) is 6. The van der Waals surface area contributed by atoms with Gasteiger partial charge in [0.2, 0.25) is 5.16 Å². The van der Waals surface area contributed by atoms with Crippen molar-refractivity contribution < 1.29 is 9.72 Å². The third-order valence-corrected chi connectivity index (χ3v) is 5.42. The first-order chi connectivity index (χ1) is 13.0. The third-order valence-electron chi connectivity index (χ3n) is 4.32. The molecular weight excluding hydrogens is 368 g/mol. The topological polar surface area (TPSA) is 107 Å². The molecule has 1 aliphatic heterocycles. The summed E-state index contributed by atoms with van der Waals surface area (Å²) >= 11 is 1.19. The number of hydrogen-bond donors (Lipinski definition) is 0. The molecule has 0 saturated heterocycles. The smallest absolute Gasteiger partial charge is 0.270 e. The number of fused-ring (bicyclic) bond motifs is 1. The molecule has 0 bridgehead atoms. The minimum absolute atomic E-state index is 0.133. The van der Waals surface area contributed by atoms with Crippen LogP contribution < -0.4 is 4.90 Å². The predicted molar refractivity (Wildman–Crippen MR) is 97.8 cm³/mol. The Morgan fingerprint density at radius 2 is 2.07 bits per heavy atom. The maximum absolute atomic E-state index is 13.3. The molecule has 27 heavy (non-hydrogen) atoms. The third kappa shape index (κ3) is 3.14. The molecule has 0 aliphatic carbocycles. The monoisotopic (exact) mass is 382 g/mol. The SMILES string of the molecule is Cn1nnnc1Sc1ccc([N+](=O)[O-])cc1C(=O)N1CCc2ccccc21. The Hall–Kier alpha value is -3.27. The van der Waals surface area contributed by atoms with Gasteiger partial charge in [0.25, 0.3) is 11.6 Å². The van der Waals surface area contributed by atoms with Crippen LogP contribution in [0.1, 0.15) is 15.9 Å². The molecule has 0 fully saturated rings. The Kier molecular flexibility index (Phi) is 4.32. The van der Waals surface area contributed by atoms with Crippen LogP contribution in [-0.4, -0.2) is 37.6 Å². The molecule has 2 heterocycles. The number of hydrogen-bond acceptors (Lipinski definition) is 7. The summed E-state index contributed by atoms with van der Waals surface area (Å²) < 4.78 is 1.48. The largest absolute Gasteiger partial charge is 0.308 e. The number of amides is 1. The van der Waals surface area contributed by atoms with E-state index in [0.717, 1.165) is 17.7 Å². The number of carbonyl (C=O) groups excluding carboxylic acids is 1. The fourth-order valence-electron chi connectivity index (χ4n) is 2.99. The van der Waals surface area contributed by atoms with E-state index in [9.17, 15) is 14.9 Å². The van der Waals surface area contributed by atoms with Crippen molar-refractivity contribution in [1.82, 2.24) is 20.2 Å². The summed E-state index contributed by atoms with van der Waals surface area (Å²) in [5.41, 5.74) is 2.05. The van der Waals surface area contributed by atoms with Crippen molar-refractivity contribution >= 4 is 29.0 Å². The summed E-state index contributed by atoms with van der Waals surface area (Å²) in [5, 5.41) is 23.0. The molecule has 1 amide bonds. The number of nitro groups is 1. The second-order valence-electron chi connectivity index (χ2n) is 5.96. The molecule has 1 aliphatic rings. The Bertz CT molecular complexity index is 1050. The zero-order valence-electron chi connectivity index (χ0n) is 14.3. The lowest BCUT2D eigenvalue weighted by atomic mass is 10.1. The molecular formula is C17H14N6O3S. The van der Waals surface area contributed by atoms with Gasteiger partial charge >= 0.3 is 0 Å². The predicted octanol–water partition coefficient (Wildman–Crippen LogP) is 2.47. The van der Waals surface area contributed by atoms with Gasteiger partial charge in [0, 0.05) is 36.3 Å². The molecule has 2 aromatic carbocycles. The molecule has 4 rings (SSSR count). The molecule has 10 heteroatoms. The normalized spacial score (nSPS) is 12.9. The number of tetrazole rings is 1. The molecule has 9 nitrogen and oxygen atoms in total. The van der Waals surface area contributed by atoms with Crippen molar-refractivity contribution in [2.45, 2.75) is 16.5 Å². The maximum Gasteiger partial charge on any atom is 0.270 e. The molecule has 0 unspecified atom stereocenters.